The highest BCUT2D eigenvalue weighted by Crippen LogP contribution is 2.34. The molecule has 2 rings (SSSR count). The molecule has 1 saturated heterocycles. The number of carbonyl (C=O) groups is 2. The number of hydrogen-bond acceptors (Lipinski definition) is 3. The number of carboxylic acid groups (broad SMARTS) is 1. The van der Waals surface area contributed by atoms with Gasteiger partial charge in [-0.1, -0.05) is 6.92 Å². The molecule has 0 aliphatic carbocycles. The summed E-state index contributed by atoms with van der Waals surface area (Å²) in [6, 6.07) is 1.91. The molecule has 1 aliphatic rings. The molecular weight excluding hydrogens is 268 g/mol. The van der Waals surface area contributed by atoms with Crippen molar-refractivity contribution in [2.75, 3.05) is 13.1 Å². The molecule has 21 heavy (non-hydrogen) atoms. The summed E-state index contributed by atoms with van der Waals surface area (Å²) >= 11 is 0. The minimum absolute atomic E-state index is 0.0592. The van der Waals surface area contributed by atoms with Crippen LogP contribution in [0.5, 0.6) is 0 Å². The van der Waals surface area contributed by atoms with Crippen molar-refractivity contribution < 1.29 is 14.7 Å². The van der Waals surface area contributed by atoms with E-state index >= 15 is 0 Å². The Morgan fingerprint density at radius 2 is 2.14 bits per heavy atom. The molecule has 116 valence electrons. The molecule has 0 radical (unpaired) electrons. The maximum absolute atomic E-state index is 11.6. The van der Waals surface area contributed by atoms with Crippen molar-refractivity contribution in [3.63, 3.8) is 0 Å². The zero-order valence-electron chi connectivity index (χ0n) is 13.1. The van der Waals surface area contributed by atoms with E-state index in [2.05, 4.69) is 4.90 Å². The first kappa shape index (κ1) is 15.8. The number of aromatic nitrogens is 1. The summed E-state index contributed by atoms with van der Waals surface area (Å²) < 4.78 is 1.96. The quantitative estimate of drug-likeness (QED) is 0.846. The van der Waals surface area contributed by atoms with Gasteiger partial charge in [-0.2, -0.15) is 0 Å². The monoisotopic (exact) mass is 292 g/mol. The van der Waals surface area contributed by atoms with Gasteiger partial charge in [-0.3, -0.25) is 14.5 Å². The standard InChI is InChI=1S/C16H24N2O3/c1-4-16(15(20)21)6-5-7-18(11-16)10-14-8-13(12(2)19)9-17(14)3/h8-9H,4-7,10-11H2,1-3H3,(H,20,21)/t16-/m1/s1. The number of hydrogen-bond donors (Lipinski definition) is 1. The number of nitrogens with zero attached hydrogens (tertiary/aromatic N) is 2. The van der Waals surface area contributed by atoms with Crippen LogP contribution in [-0.2, 0) is 18.4 Å². The first-order valence-electron chi connectivity index (χ1n) is 7.50. The molecule has 1 fully saturated rings. The van der Waals surface area contributed by atoms with Gasteiger partial charge >= 0.3 is 5.97 Å². The van der Waals surface area contributed by atoms with Crippen LogP contribution >= 0.6 is 0 Å². The van der Waals surface area contributed by atoms with Gasteiger partial charge < -0.3 is 9.67 Å². The van der Waals surface area contributed by atoms with E-state index in [1.165, 1.54) is 0 Å². The van der Waals surface area contributed by atoms with Crippen LogP contribution in [0, 0.1) is 5.41 Å². The smallest absolute Gasteiger partial charge is 0.310 e. The predicted molar refractivity (Wildman–Crippen MR) is 80.3 cm³/mol. The number of piperidine rings is 1. The molecule has 1 aromatic rings. The Balaban J connectivity index is 2.13. The Kier molecular flexibility index (Phi) is 4.52. The second kappa shape index (κ2) is 6.02. The van der Waals surface area contributed by atoms with Gasteiger partial charge in [0.1, 0.15) is 0 Å². The van der Waals surface area contributed by atoms with Crippen molar-refractivity contribution in [1.82, 2.24) is 9.47 Å². The summed E-state index contributed by atoms with van der Waals surface area (Å²) in [5.41, 5.74) is 1.15. The van der Waals surface area contributed by atoms with E-state index in [0.29, 0.717) is 25.1 Å². The van der Waals surface area contributed by atoms with Gasteiger partial charge in [0.2, 0.25) is 0 Å². The highest BCUT2D eigenvalue weighted by Gasteiger charge is 2.40. The molecule has 0 aromatic carbocycles. The fourth-order valence-corrected chi connectivity index (χ4v) is 3.17. The van der Waals surface area contributed by atoms with E-state index in [9.17, 15) is 14.7 Å². The lowest BCUT2D eigenvalue weighted by atomic mass is 9.77. The van der Waals surface area contributed by atoms with E-state index < -0.39 is 11.4 Å². The van der Waals surface area contributed by atoms with Crippen LogP contribution in [0.3, 0.4) is 0 Å². The third-order valence-electron chi connectivity index (χ3n) is 4.69. The normalized spacial score (nSPS) is 23.2. The van der Waals surface area contributed by atoms with Crippen LogP contribution in [0.15, 0.2) is 12.3 Å². The number of carboxylic acids is 1. The summed E-state index contributed by atoms with van der Waals surface area (Å²) in [6.45, 7) is 5.70. The average Bonchev–Trinajstić information content (AvgIpc) is 2.80. The van der Waals surface area contributed by atoms with Gasteiger partial charge in [0, 0.05) is 37.6 Å². The first-order valence-corrected chi connectivity index (χ1v) is 7.50. The van der Waals surface area contributed by atoms with Crippen molar-refractivity contribution >= 4 is 11.8 Å². The summed E-state index contributed by atoms with van der Waals surface area (Å²) in [7, 11) is 1.93. The fraction of sp³-hybridized carbons (Fsp3) is 0.625. The fourth-order valence-electron chi connectivity index (χ4n) is 3.17. The lowest BCUT2D eigenvalue weighted by molar-refractivity contribution is -0.153. The predicted octanol–water partition coefficient (Wildman–Crippen LogP) is 2.30. The minimum Gasteiger partial charge on any atom is -0.481 e. The Morgan fingerprint density at radius 3 is 2.67 bits per heavy atom. The maximum Gasteiger partial charge on any atom is 0.310 e. The molecular formula is C16H24N2O3. The topological polar surface area (TPSA) is 62.5 Å². The highest BCUT2D eigenvalue weighted by atomic mass is 16.4. The second-order valence-corrected chi connectivity index (χ2v) is 6.14. The number of aryl methyl sites for hydroxylation is 1. The highest BCUT2D eigenvalue weighted by molar-refractivity contribution is 5.94. The molecule has 0 spiro atoms. The van der Waals surface area contributed by atoms with Crippen LogP contribution in [-0.4, -0.2) is 39.4 Å². The lowest BCUT2D eigenvalue weighted by Gasteiger charge is -2.39. The van der Waals surface area contributed by atoms with Gasteiger partial charge in [-0.25, -0.2) is 0 Å². The Bertz CT molecular complexity index is 550. The average molecular weight is 292 g/mol. The summed E-state index contributed by atoms with van der Waals surface area (Å²) in [6.07, 6.45) is 4.15. The number of rotatable bonds is 5. The molecule has 1 aliphatic heterocycles. The van der Waals surface area contributed by atoms with Gasteiger partial charge in [0.25, 0.3) is 0 Å². The van der Waals surface area contributed by atoms with Gasteiger partial charge in [-0.05, 0) is 38.8 Å². The Labute approximate surface area is 125 Å². The Hall–Kier alpha value is -1.62. The van der Waals surface area contributed by atoms with E-state index in [1.807, 2.05) is 30.8 Å². The minimum atomic E-state index is -0.689. The molecule has 0 saturated carbocycles. The van der Waals surface area contributed by atoms with E-state index in [1.54, 1.807) is 6.92 Å². The largest absolute Gasteiger partial charge is 0.481 e. The lowest BCUT2D eigenvalue weighted by Crippen LogP contribution is -2.47. The zero-order chi connectivity index (χ0) is 15.6. The first-order chi connectivity index (χ1) is 9.88. The van der Waals surface area contributed by atoms with E-state index in [-0.39, 0.29) is 5.78 Å². The van der Waals surface area contributed by atoms with Crippen LogP contribution in [0.4, 0.5) is 0 Å². The summed E-state index contributed by atoms with van der Waals surface area (Å²) in [5, 5.41) is 9.53. The summed E-state index contributed by atoms with van der Waals surface area (Å²) in [5.74, 6) is -0.630. The van der Waals surface area contributed by atoms with Crippen molar-refractivity contribution in [2.45, 2.75) is 39.7 Å². The van der Waals surface area contributed by atoms with E-state index in [4.69, 9.17) is 0 Å². The van der Waals surface area contributed by atoms with Crippen molar-refractivity contribution in [3.8, 4) is 0 Å². The van der Waals surface area contributed by atoms with Crippen LogP contribution in [0.1, 0.15) is 49.2 Å². The third kappa shape index (κ3) is 3.18. The Morgan fingerprint density at radius 1 is 1.43 bits per heavy atom. The van der Waals surface area contributed by atoms with E-state index in [0.717, 1.165) is 25.1 Å². The van der Waals surface area contributed by atoms with Gasteiger partial charge in [0.05, 0.1) is 5.41 Å². The van der Waals surface area contributed by atoms with Gasteiger partial charge in [0.15, 0.2) is 5.78 Å². The second-order valence-electron chi connectivity index (χ2n) is 6.14. The zero-order valence-corrected chi connectivity index (χ0v) is 13.1. The SMILES string of the molecule is CC[C@@]1(C(=O)O)CCCN(Cc2cc(C(C)=O)cn2C)C1. The molecule has 1 N–H and O–H groups in total. The number of aliphatic carboxylic acids is 1. The number of Topliss-reactive ketones (excluding diaryl/α,β-unsaturated/α-hetero) is 1. The molecule has 1 atom stereocenters. The molecule has 0 amide bonds. The summed E-state index contributed by atoms with van der Waals surface area (Å²) in [4.78, 5) is 25.2. The maximum atomic E-state index is 11.6. The molecule has 0 unspecified atom stereocenters. The molecule has 2 heterocycles. The van der Waals surface area contributed by atoms with Crippen LogP contribution in [0.2, 0.25) is 0 Å². The van der Waals surface area contributed by atoms with Crippen molar-refractivity contribution in [2.24, 2.45) is 12.5 Å². The number of ketones is 1. The van der Waals surface area contributed by atoms with Crippen LogP contribution in [0.25, 0.3) is 0 Å². The molecule has 5 nitrogen and oxygen atoms in total. The third-order valence-corrected chi connectivity index (χ3v) is 4.69. The van der Waals surface area contributed by atoms with Crippen LogP contribution < -0.4 is 0 Å². The molecule has 5 heteroatoms. The van der Waals surface area contributed by atoms with Gasteiger partial charge in [-0.15, -0.1) is 0 Å². The van der Waals surface area contributed by atoms with Crippen molar-refractivity contribution in [3.05, 3.63) is 23.5 Å². The molecule has 1 aromatic heterocycles. The van der Waals surface area contributed by atoms with Crippen molar-refractivity contribution in [1.29, 1.82) is 0 Å². The molecule has 0 bridgehead atoms. The number of likely N-dealkylation sites (tertiary alicyclic amines) is 1. The number of carbonyl (C=O) groups excluding carboxylic acids is 1.